The average molecular weight is 936 g/mol. The number of hydrogen-bond donors (Lipinski definition) is 3. The van der Waals surface area contributed by atoms with Gasteiger partial charge in [-0.25, -0.2) is 4.57 Å². The molecular weight excluding hydrogens is 840 g/mol. The Hall–Kier alpha value is -3.36. The van der Waals surface area contributed by atoms with Gasteiger partial charge < -0.3 is 19.8 Å². The van der Waals surface area contributed by atoms with Crippen molar-refractivity contribution in [3.05, 3.63) is 134 Å². The van der Waals surface area contributed by atoms with Gasteiger partial charge >= 0.3 is 7.82 Å². The normalized spacial score (nSPS) is 15.2. The van der Waals surface area contributed by atoms with Crippen LogP contribution in [0.25, 0.3) is 0 Å². The maximum Gasteiger partial charge on any atom is 0.472 e. The van der Waals surface area contributed by atoms with Crippen molar-refractivity contribution in [2.45, 2.75) is 180 Å². The number of amides is 1. The number of allylic oxidation sites excluding steroid dienone is 21. The summed E-state index contributed by atoms with van der Waals surface area (Å²) in [7, 11) is 1.54. The van der Waals surface area contributed by atoms with Crippen LogP contribution in [0.15, 0.2) is 134 Å². The fourth-order valence-corrected chi connectivity index (χ4v) is 7.10. The predicted octanol–water partition coefficient (Wildman–Crippen LogP) is 15.2. The first-order chi connectivity index (χ1) is 32.0. The summed E-state index contributed by atoms with van der Waals surface area (Å²) < 4.78 is 23.4. The molecule has 374 valence electrons. The molecule has 0 aromatic rings. The lowest BCUT2D eigenvalue weighted by molar-refractivity contribution is -0.870. The highest BCUT2D eigenvalue weighted by Crippen LogP contribution is 2.43. The molecule has 0 aliphatic heterocycles. The number of nitrogens with zero attached hydrogens (tertiary/aromatic N) is 1. The fraction of sp³-hybridized carbons (Fsp3) is 0.596. The number of phosphoric acid groups is 1. The first-order valence-electron chi connectivity index (χ1n) is 25.6. The van der Waals surface area contributed by atoms with Crippen LogP contribution in [0.4, 0.5) is 0 Å². The summed E-state index contributed by atoms with van der Waals surface area (Å²) in [6.07, 6.45) is 71.7. The summed E-state index contributed by atoms with van der Waals surface area (Å²) in [6, 6.07) is -0.856. The van der Waals surface area contributed by atoms with Crippen LogP contribution in [0, 0.1) is 0 Å². The largest absolute Gasteiger partial charge is 0.472 e. The Labute approximate surface area is 405 Å². The minimum absolute atomic E-state index is 0.0519. The van der Waals surface area contributed by atoms with Crippen molar-refractivity contribution in [2.24, 2.45) is 0 Å². The van der Waals surface area contributed by atoms with E-state index in [0.717, 1.165) is 122 Å². The highest BCUT2D eigenvalue weighted by atomic mass is 31.2. The van der Waals surface area contributed by atoms with Crippen molar-refractivity contribution < 1.29 is 32.9 Å². The van der Waals surface area contributed by atoms with Gasteiger partial charge in [0.25, 0.3) is 0 Å². The van der Waals surface area contributed by atoms with Crippen molar-refractivity contribution >= 4 is 13.7 Å². The fourth-order valence-electron chi connectivity index (χ4n) is 6.36. The monoisotopic (exact) mass is 936 g/mol. The van der Waals surface area contributed by atoms with Crippen molar-refractivity contribution in [3.8, 4) is 0 Å². The maximum absolute atomic E-state index is 12.8. The molecule has 0 radical (unpaired) electrons. The zero-order valence-corrected chi connectivity index (χ0v) is 43.3. The van der Waals surface area contributed by atoms with E-state index in [-0.39, 0.29) is 19.1 Å². The number of hydrogen-bond acceptors (Lipinski definition) is 5. The Morgan fingerprint density at radius 2 is 0.909 bits per heavy atom. The van der Waals surface area contributed by atoms with Gasteiger partial charge in [-0.3, -0.25) is 13.8 Å². The topological polar surface area (TPSA) is 105 Å². The van der Waals surface area contributed by atoms with E-state index in [0.29, 0.717) is 17.4 Å². The first kappa shape index (κ1) is 62.6. The summed E-state index contributed by atoms with van der Waals surface area (Å²) >= 11 is 0. The molecule has 0 aromatic carbocycles. The lowest BCUT2D eigenvalue weighted by atomic mass is 10.1. The van der Waals surface area contributed by atoms with E-state index < -0.39 is 20.0 Å². The molecule has 0 heterocycles. The number of likely N-dealkylation sites (N-methyl/N-ethyl adjacent to an activating group) is 1. The molecule has 9 heteroatoms. The van der Waals surface area contributed by atoms with E-state index in [4.69, 9.17) is 9.05 Å². The number of unbranched alkanes of at least 4 members (excludes halogenated alkanes) is 11. The molecule has 0 bridgehead atoms. The van der Waals surface area contributed by atoms with Gasteiger partial charge in [0.05, 0.1) is 39.9 Å². The van der Waals surface area contributed by atoms with Crippen LogP contribution < -0.4 is 5.32 Å². The molecule has 0 aliphatic carbocycles. The molecule has 0 rings (SSSR count). The van der Waals surface area contributed by atoms with Crippen LogP contribution in [-0.2, 0) is 18.4 Å². The van der Waals surface area contributed by atoms with E-state index in [9.17, 15) is 19.4 Å². The van der Waals surface area contributed by atoms with E-state index in [1.165, 1.54) is 25.7 Å². The lowest BCUT2D eigenvalue weighted by Gasteiger charge is -2.25. The van der Waals surface area contributed by atoms with Gasteiger partial charge in [0.1, 0.15) is 13.2 Å². The van der Waals surface area contributed by atoms with Gasteiger partial charge in [-0.2, -0.15) is 0 Å². The molecule has 0 spiro atoms. The summed E-state index contributed by atoms with van der Waals surface area (Å²) in [5.41, 5.74) is 0. The van der Waals surface area contributed by atoms with E-state index in [2.05, 4.69) is 141 Å². The van der Waals surface area contributed by atoms with Gasteiger partial charge in [0.2, 0.25) is 5.91 Å². The van der Waals surface area contributed by atoms with Crippen molar-refractivity contribution in [1.82, 2.24) is 5.32 Å². The first-order valence-corrected chi connectivity index (χ1v) is 27.1. The standard InChI is InChI=1S/C57H95N2O6P/c1-6-8-10-12-13-14-15-16-17-18-19-20-21-22-23-24-25-26-27-28-29-30-31-32-33-34-35-36-37-38-39-40-41-42-43-44-45-47-49-51-57(61)58-55(56(60)50-48-46-11-9-7-2)54-65-66(62,63)64-53-52-59(3,4)5/h8,10,13-14,16-17,19-20,22-23,25-26,28-29,31-32,34-35,37-38,48,50,55-56,60H,6-7,9,11-12,15,18,21,24,27,30,33,36,39-47,49,51-54H2,1-5H3,(H-,58,61,62,63)/p+1/b10-8-,14-13-,17-16-,20-19-,23-22-,26-25-,29-28-,32-31-,35-34-,38-37-,50-48+. The molecule has 3 unspecified atom stereocenters. The second-order valence-corrected chi connectivity index (χ2v) is 19.3. The molecule has 66 heavy (non-hydrogen) atoms. The number of phosphoric ester groups is 1. The van der Waals surface area contributed by atoms with Crippen LogP contribution in [0.5, 0.6) is 0 Å². The lowest BCUT2D eigenvalue weighted by Crippen LogP contribution is -2.45. The average Bonchev–Trinajstić information content (AvgIpc) is 3.27. The van der Waals surface area contributed by atoms with E-state index in [1.807, 2.05) is 27.2 Å². The van der Waals surface area contributed by atoms with Crippen LogP contribution in [-0.4, -0.2) is 73.4 Å². The number of quaternary nitrogens is 1. The van der Waals surface area contributed by atoms with Gasteiger partial charge in [-0.15, -0.1) is 0 Å². The molecule has 0 saturated heterocycles. The minimum Gasteiger partial charge on any atom is -0.387 e. The number of aliphatic hydroxyl groups excluding tert-OH is 1. The minimum atomic E-state index is -4.33. The molecule has 0 aromatic heterocycles. The van der Waals surface area contributed by atoms with E-state index >= 15 is 0 Å². The van der Waals surface area contributed by atoms with Gasteiger partial charge in [-0.05, 0) is 96.3 Å². The SMILES string of the molecule is CC/C=C\C/C=C\C/C=C\C/C=C\C/C=C\C/C=C\C/C=C\C/C=C\C/C=C\C/C=C\CCCCCCCCCCC(=O)NC(COP(=O)(O)OCC[N+](C)(C)C)C(O)/C=C/CCCCC. The van der Waals surface area contributed by atoms with Crippen molar-refractivity contribution in [1.29, 1.82) is 0 Å². The maximum atomic E-state index is 12.8. The van der Waals surface area contributed by atoms with Crippen LogP contribution in [0.1, 0.15) is 168 Å². The van der Waals surface area contributed by atoms with Crippen LogP contribution in [0.3, 0.4) is 0 Å². The predicted molar refractivity (Wildman–Crippen MR) is 285 cm³/mol. The smallest absolute Gasteiger partial charge is 0.387 e. The summed E-state index contributed by atoms with van der Waals surface area (Å²) in [6.45, 7) is 4.54. The third kappa shape index (κ3) is 48.6. The van der Waals surface area contributed by atoms with E-state index in [1.54, 1.807) is 6.08 Å². The zero-order valence-electron chi connectivity index (χ0n) is 42.4. The Balaban J connectivity index is 3.97. The van der Waals surface area contributed by atoms with Gasteiger partial charge in [0.15, 0.2) is 0 Å². The van der Waals surface area contributed by atoms with Crippen LogP contribution >= 0.6 is 7.82 Å². The quantitative estimate of drug-likeness (QED) is 0.0243. The van der Waals surface area contributed by atoms with Crippen molar-refractivity contribution in [2.75, 3.05) is 40.9 Å². The Kier molecular flexibility index (Phi) is 44.4. The second kappa shape index (κ2) is 46.7. The molecule has 3 atom stereocenters. The highest BCUT2D eigenvalue weighted by molar-refractivity contribution is 7.47. The number of aliphatic hydroxyl groups is 1. The summed E-state index contributed by atoms with van der Waals surface area (Å²) in [5.74, 6) is -0.200. The number of carbonyl (C=O) groups excluding carboxylic acids is 1. The number of rotatable bonds is 44. The summed E-state index contributed by atoms with van der Waals surface area (Å²) in [5, 5.41) is 13.6. The van der Waals surface area contributed by atoms with Gasteiger partial charge in [0, 0.05) is 6.42 Å². The molecule has 0 saturated carbocycles. The Morgan fingerprint density at radius 1 is 0.530 bits per heavy atom. The molecule has 1 amide bonds. The number of nitrogens with one attached hydrogen (secondary N) is 1. The molecule has 0 aliphatic rings. The second-order valence-electron chi connectivity index (χ2n) is 17.8. The third-order valence-electron chi connectivity index (χ3n) is 10.4. The van der Waals surface area contributed by atoms with Crippen LogP contribution in [0.2, 0.25) is 0 Å². The Morgan fingerprint density at radius 3 is 1.33 bits per heavy atom. The van der Waals surface area contributed by atoms with Gasteiger partial charge in [-0.1, -0.05) is 199 Å². The van der Waals surface area contributed by atoms with Crippen molar-refractivity contribution in [3.63, 3.8) is 0 Å². The highest BCUT2D eigenvalue weighted by Gasteiger charge is 2.27. The Bertz CT molecular complexity index is 1530. The molecule has 8 nitrogen and oxygen atoms in total. The third-order valence-corrected chi connectivity index (χ3v) is 11.4. The number of carbonyl (C=O) groups is 1. The molecule has 3 N–H and O–H groups in total. The molecular formula is C57H96N2O6P+. The zero-order chi connectivity index (χ0) is 48.5. The molecule has 0 fully saturated rings. The summed E-state index contributed by atoms with van der Waals surface area (Å²) in [4.78, 5) is 23.0.